The molecule has 2 saturated heterocycles. The van der Waals surface area contributed by atoms with E-state index in [9.17, 15) is 21.6 Å². The second kappa shape index (κ2) is 10.8. The Kier molecular flexibility index (Phi) is 7.43. The maximum absolute atomic E-state index is 13.1. The molecule has 1 N–H and O–H groups in total. The largest absolute Gasteiger partial charge is 0.353 e. The number of piperazine rings is 1. The summed E-state index contributed by atoms with van der Waals surface area (Å²) in [6.07, 6.45) is 6.55. The molecule has 2 fully saturated rings. The molecule has 0 bridgehead atoms. The Labute approximate surface area is 222 Å². The van der Waals surface area contributed by atoms with E-state index in [4.69, 9.17) is 0 Å². The summed E-state index contributed by atoms with van der Waals surface area (Å²) in [5.74, 6) is 0.290. The van der Waals surface area contributed by atoms with Gasteiger partial charge in [-0.05, 0) is 61.4 Å². The van der Waals surface area contributed by atoms with Crippen molar-refractivity contribution in [2.45, 2.75) is 22.6 Å². The summed E-state index contributed by atoms with van der Waals surface area (Å²) in [5.41, 5.74) is 0.721. The highest BCUT2D eigenvalue weighted by molar-refractivity contribution is 7.89. The standard InChI is InChI=1S/C25H28N6O5S2/c32-25(20-3-7-22(8-4-20)37(33,34)30-13-1-2-14-30)28-21-5-9-23(10-6-21)38(35,36)31-17-15-29(16-18-31)24-19-26-11-12-27-24/h3-12,19H,1-2,13-18H2,(H,28,32). The van der Waals surface area contributed by atoms with E-state index in [2.05, 4.69) is 15.3 Å². The number of anilines is 2. The molecule has 0 saturated carbocycles. The molecule has 200 valence electrons. The highest BCUT2D eigenvalue weighted by atomic mass is 32.2. The van der Waals surface area contributed by atoms with Gasteiger partial charge in [0.2, 0.25) is 20.0 Å². The Hall–Kier alpha value is -3.39. The van der Waals surface area contributed by atoms with Crippen LogP contribution in [0, 0.1) is 0 Å². The van der Waals surface area contributed by atoms with Crippen molar-refractivity contribution in [1.82, 2.24) is 18.6 Å². The Morgan fingerprint density at radius 3 is 1.82 bits per heavy atom. The van der Waals surface area contributed by atoms with Crippen molar-refractivity contribution >= 4 is 37.5 Å². The van der Waals surface area contributed by atoms with Crippen LogP contribution in [0.5, 0.6) is 0 Å². The van der Waals surface area contributed by atoms with Gasteiger partial charge < -0.3 is 10.2 Å². The van der Waals surface area contributed by atoms with E-state index in [1.807, 2.05) is 4.90 Å². The van der Waals surface area contributed by atoms with Gasteiger partial charge in [0.1, 0.15) is 5.82 Å². The molecule has 0 spiro atoms. The average molecular weight is 557 g/mol. The first-order valence-electron chi connectivity index (χ1n) is 12.3. The zero-order chi connectivity index (χ0) is 26.8. The number of carbonyl (C=O) groups excluding carboxylic acids is 1. The first-order valence-corrected chi connectivity index (χ1v) is 15.2. The van der Waals surface area contributed by atoms with E-state index in [-0.39, 0.29) is 9.79 Å². The number of sulfonamides is 2. The van der Waals surface area contributed by atoms with E-state index in [1.165, 1.54) is 57.1 Å². The fourth-order valence-corrected chi connectivity index (χ4v) is 7.47. The number of hydrogen-bond acceptors (Lipinski definition) is 8. The van der Waals surface area contributed by atoms with Crippen LogP contribution in [0.1, 0.15) is 23.2 Å². The van der Waals surface area contributed by atoms with Crippen molar-refractivity contribution in [1.29, 1.82) is 0 Å². The first kappa shape index (κ1) is 26.2. The number of amides is 1. The number of nitrogens with zero attached hydrogens (tertiary/aromatic N) is 5. The van der Waals surface area contributed by atoms with E-state index < -0.39 is 26.0 Å². The maximum Gasteiger partial charge on any atom is 0.255 e. The molecule has 38 heavy (non-hydrogen) atoms. The van der Waals surface area contributed by atoms with Crippen molar-refractivity contribution in [2.24, 2.45) is 0 Å². The molecule has 1 aromatic heterocycles. The molecule has 0 aliphatic carbocycles. The lowest BCUT2D eigenvalue weighted by Gasteiger charge is -2.34. The lowest BCUT2D eigenvalue weighted by atomic mass is 10.2. The summed E-state index contributed by atoms with van der Waals surface area (Å²) in [6.45, 7) is 2.67. The second-order valence-electron chi connectivity index (χ2n) is 9.07. The van der Waals surface area contributed by atoms with Gasteiger partial charge in [0.25, 0.3) is 5.91 Å². The van der Waals surface area contributed by atoms with E-state index in [0.717, 1.165) is 12.8 Å². The van der Waals surface area contributed by atoms with Gasteiger partial charge in [-0.1, -0.05) is 0 Å². The minimum Gasteiger partial charge on any atom is -0.353 e. The number of carbonyl (C=O) groups is 1. The normalized spacial score (nSPS) is 17.4. The topological polar surface area (TPSA) is 133 Å². The Morgan fingerprint density at radius 1 is 0.711 bits per heavy atom. The van der Waals surface area contributed by atoms with E-state index in [1.54, 1.807) is 18.6 Å². The molecular formula is C25H28N6O5S2. The van der Waals surface area contributed by atoms with E-state index in [0.29, 0.717) is 56.3 Å². The lowest BCUT2D eigenvalue weighted by molar-refractivity contribution is 0.102. The van der Waals surface area contributed by atoms with Gasteiger partial charge in [0.05, 0.1) is 16.0 Å². The fraction of sp³-hybridized carbons (Fsp3) is 0.320. The molecule has 3 aromatic rings. The molecule has 0 radical (unpaired) electrons. The Morgan fingerprint density at radius 2 is 1.26 bits per heavy atom. The molecule has 2 aliphatic rings. The summed E-state index contributed by atoms with van der Waals surface area (Å²) in [6, 6.07) is 11.8. The lowest BCUT2D eigenvalue weighted by Crippen LogP contribution is -2.48. The van der Waals surface area contributed by atoms with Crippen LogP contribution in [-0.2, 0) is 20.0 Å². The van der Waals surface area contributed by atoms with E-state index >= 15 is 0 Å². The molecule has 2 aromatic carbocycles. The van der Waals surface area contributed by atoms with Gasteiger partial charge in [0.15, 0.2) is 0 Å². The molecule has 1 amide bonds. The van der Waals surface area contributed by atoms with Crippen molar-refractivity contribution in [3.05, 3.63) is 72.7 Å². The number of benzene rings is 2. The number of aromatic nitrogens is 2. The zero-order valence-corrected chi connectivity index (χ0v) is 22.2. The van der Waals surface area contributed by atoms with Crippen molar-refractivity contribution in [3.63, 3.8) is 0 Å². The first-order chi connectivity index (χ1) is 18.2. The van der Waals surface area contributed by atoms with Crippen LogP contribution in [0.25, 0.3) is 0 Å². The second-order valence-corrected chi connectivity index (χ2v) is 12.9. The van der Waals surface area contributed by atoms with Crippen molar-refractivity contribution < 1.29 is 21.6 Å². The Bertz CT molecular complexity index is 1480. The zero-order valence-electron chi connectivity index (χ0n) is 20.6. The predicted octanol–water partition coefficient (Wildman–Crippen LogP) is 2.02. The molecule has 13 heteroatoms. The summed E-state index contributed by atoms with van der Waals surface area (Å²) in [7, 11) is -7.25. The monoisotopic (exact) mass is 556 g/mol. The minimum absolute atomic E-state index is 0.139. The van der Waals surface area contributed by atoms with Crippen molar-refractivity contribution in [2.75, 3.05) is 49.5 Å². The van der Waals surface area contributed by atoms with Gasteiger partial charge in [-0.2, -0.15) is 8.61 Å². The van der Waals surface area contributed by atoms with Gasteiger partial charge in [0, 0.05) is 62.9 Å². The summed E-state index contributed by atoms with van der Waals surface area (Å²) >= 11 is 0. The minimum atomic E-state index is -3.69. The summed E-state index contributed by atoms with van der Waals surface area (Å²) < 4.78 is 54.5. The van der Waals surface area contributed by atoms with Crippen LogP contribution in [0.3, 0.4) is 0 Å². The Balaban J connectivity index is 1.20. The van der Waals surface area contributed by atoms with Gasteiger partial charge >= 0.3 is 0 Å². The third-order valence-electron chi connectivity index (χ3n) is 6.68. The fourth-order valence-electron chi connectivity index (χ4n) is 4.53. The molecule has 0 atom stereocenters. The number of hydrogen-bond donors (Lipinski definition) is 1. The summed E-state index contributed by atoms with van der Waals surface area (Å²) in [4.78, 5) is 23.3. The quantitative estimate of drug-likeness (QED) is 0.468. The van der Waals surface area contributed by atoms with Crippen LogP contribution in [0.2, 0.25) is 0 Å². The van der Waals surface area contributed by atoms with Crippen LogP contribution in [0.4, 0.5) is 11.5 Å². The molecule has 3 heterocycles. The van der Waals surface area contributed by atoms with Crippen LogP contribution in [0.15, 0.2) is 76.9 Å². The summed E-state index contributed by atoms with van der Waals surface area (Å²) in [5, 5.41) is 2.73. The van der Waals surface area contributed by atoms with Gasteiger partial charge in [-0.3, -0.25) is 9.78 Å². The van der Waals surface area contributed by atoms with Crippen LogP contribution in [-0.4, -0.2) is 80.6 Å². The highest BCUT2D eigenvalue weighted by Gasteiger charge is 2.29. The molecule has 11 nitrogen and oxygen atoms in total. The average Bonchev–Trinajstić information content (AvgIpc) is 3.50. The molecular weight excluding hydrogens is 528 g/mol. The third kappa shape index (κ3) is 5.41. The molecule has 2 aliphatic heterocycles. The smallest absolute Gasteiger partial charge is 0.255 e. The number of rotatable bonds is 7. The van der Waals surface area contributed by atoms with Crippen LogP contribution < -0.4 is 10.2 Å². The van der Waals surface area contributed by atoms with Crippen LogP contribution >= 0.6 is 0 Å². The highest BCUT2D eigenvalue weighted by Crippen LogP contribution is 2.23. The third-order valence-corrected chi connectivity index (χ3v) is 10.5. The van der Waals surface area contributed by atoms with Gasteiger partial charge in [-0.15, -0.1) is 0 Å². The van der Waals surface area contributed by atoms with Crippen molar-refractivity contribution in [3.8, 4) is 0 Å². The predicted molar refractivity (Wildman–Crippen MR) is 142 cm³/mol. The SMILES string of the molecule is O=C(Nc1ccc(S(=O)(=O)N2CCN(c3cnccn3)CC2)cc1)c1ccc(S(=O)(=O)N2CCCC2)cc1. The number of nitrogens with one attached hydrogen (secondary N) is 1. The maximum atomic E-state index is 13.1. The molecule has 5 rings (SSSR count). The molecule has 0 unspecified atom stereocenters. The van der Waals surface area contributed by atoms with Gasteiger partial charge in [-0.25, -0.2) is 21.8 Å².